The largest absolute Gasteiger partial charge is 0.492 e. The highest BCUT2D eigenvalue weighted by Crippen LogP contribution is 2.48. The van der Waals surface area contributed by atoms with Crippen LogP contribution in [0.2, 0.25) is 0 Å². The first-order valence-electron chi connectivity index (χ1n) is 10.0. The van der Waals surface area contributed by atoms with Crippen LogP contribution in [0.15, 0.2) is 30.3 Å². The lowest BCUT2D eigenvalue weighted by Crippen LogP contribution is -2.36. The van der Waals surface area contributed by atoms with E-state index < -0.39 is 0 Å². The minimum atomic E-state index is -0.173. The van der Waals surface area contributed by atoms with Gasteiger partial charge in [-0.1, -0.05) is 12.1 Å². The van der Waals surface area contributed by atoms with Crippen LogP contribution < -0.4 is 24.7 Å². The number of nitrogens with two attached hydrogens (primary N) is 1. The number of hydrogen-bond donors (Lipinski definition) is 1. The summed E-state index contributed by atoms with van der Waals surface area (Å²) in [7, 11) is 4.51. The van der Waals surface area contributed by atoms with Gasteiger partial charge < -0.3 is 29.6 Å². The number of benzene rings is 2. The average Bonchev–Trinajstić information content (AvgIpc) is 2.74. The van der Waals surface area contributed by atoms with Crippen LogP contribution in [0.1, 0.15) is 36.7 Å². The second kappa shape index (κ2) is 12.3. The van der Waals surface area contributed by atoms with Gasteiger partial charge in [0.1, 0.15) is 5.75 Å². The van der Waals surface area contributed by atoms with Crippen molar-refractivity contribution < 1.29 is 23.7 Å². The molecule has 0 saturated carbocycles. The predicted molar refractivity (Wildman–Crippen MR) is 124 cm³/mol. The fourth-order valence-corrected chi connectivity index (χ4v) is 3.33. The highest BCUT2D eigenvalue weighted by atomic mass is 35.5. The van der Waals surface area contributed by atoms with Gasteiger partial charge in [-0.15, -0.1) is 12.4 Å². The third-order valence-electron chi connectivity index (χ3n) is 4.81. The molecule has 2 rings (SSSR count). The van der Waals surface area contributed by atoms with Gasteiger partial charge in [-0.05, 0) is 51.4 Å². The SMILES string of the molecule is CCN(C(=O)c1cc(Oc2ccc(CCN)cc2)c(OC)c(OC)c1OC)C(C)C.Cl. The Morgan fingerprint density at radius 1 is 1.00 bits per heavy atom. The Morgan fingerprint density at radius 2 is 1.58 bits per heavy atom. The van der Waals surface area contributed by atoms with Crippen LogP contribution in [0, 0.1) is 0 Å². The molecule has 0 heterocycles. The van der Waals surface area contributed by atoms with Crippen molar-refractivity contribution in [1.82, 2.24) is 4.90 Å². The van der Waals surface area contributed by atoms with E-state index >= 15 is 0 Å². The zero-order chi connectivity index (χ0) is 22.3. The number of rotatable bonds is 10. The maximum atomic E-state index is 13.3. The number of nitrogens with zero attached hydrogens (tertiary/aromatic N) is 1. The minimum Gasteiger partial charge on any atom is -0.492 e. The summed E-state index contributed by atoms with van der Waals surface area (Å²) in [6.07, 6.45) is 0.792. The monoisotopic (exact) mass is 452 g/mol. The Kier molecular flexibility index (Phi) is 10.4. The molecule has 31 heavy (non-hydrogen) atoms. The van der Waals surface area contributed by atoms with E-state index in [4.69, 9.17) is 24.7 Å². The van der Waals surface area contributed by atoms with E-state index in [0.29, 0.717) is 47.4 Å². The fraction of sp³-hybridized carbons (Fsp3) is 0.435. The highest BCUT2D eigenvalue weighted by Gasteiger charge is 2.29. The fourth-order valence-electron chi connectivity index (χ4n) is 3.33. The molecule has 2 N–H and O–H groups in total. The standard InChI is InChI=1S/C23H32N2O5.ClH/c1-7-25(15(2)3)23(26)18-14-19(21(28-5)22(29-6)20(18)27-4)30-17-10-8-16(9-11-17)12-13-24;/h8-11,14-15H,7,12-13,24H2,1-6H3;1H. The summed E-state index contributed by atoms with van der Waals surface area (Å²) in [5.41, 5.74) is 7.08. The molecule has 0 aliphatic heterocycles. The lowest BCUT2D eigenvalue weighted by molar-refractivity contribution is 0.0712. The molecule has 172 valence electrons. The Hall–Kier alpha value is -2.64. The molecule has 0 aliphatic carbocycles. The van der Waals surface area contributed by atoms with Gasteiger partial charge >= 0.3 is 0 Å². The van der Waals surface area contributed by atoms with Crippen molar-refractivity contribution in [2.24, 2.45) is 5.73 Å². The molecular weight excluding hydrogens is 420 g/mol. The Labute approximate surface area is 190 Å². The Morgan fingerprint density at radius 3 is 2.03 bits per heavy atom. The van der Waals surface area contributed by atoms with Crippen molar-refractivity contribution in [2.75, 3.05) is 34.4 Å². The quantitative estimate of drug-likeness (QED) is 0.578. The lowest BCUT2D eigenvalue weighted by atomic mass is 10.1. The summed E-state index contributed by atoms with van der Waals surface area (Å²) < 4.78 is 22.7. The molecule has 1 amide bonds. The van der Waals surface area contributed by atoms with Crippen LogP contribution in [-0.2, 0) is 6.42 Å². The topological polar surface area (TPSA) is 83.3 Å². The van der Waals surface area contributed by atoms with Gasteiger partial charge in [-0.3, -0.25) is 4.79 Å². The van der Waals surface area contributed by atoms with Gasteiger partial charge in [0.25, 0.3) is 5.91 Å². The lowest BCUT2D eigenvalue weighted by Gasteiger charge is -2.27. The molecule has 2 aromatic carbocycles. The molecule has 8 heteroatoms. The normalized spacial score (nSPS) is 10.3. The number of halogens is 1. The zero-order valence-electron chi connectivity index (χ0n) is 19.1. The van der Waals surface area contributed by atoms with Crippen molar-refractivity contribution >= 4 is 18.3 Å². The second-order valence-electron chi connectivity index (χ2n) is 6.99. The Bertz CT molecular complexity index is 856. The van der Waals surface area contributed by atoms with Crippen LogP contribution in [0.5, 0.6) is 28.7 Å². The first kappa shape index (κ1) is 26.4. The van der Waals surface area contributed by atoms with E-state index in [1.54, 1.807) is 11.0 Å². The number of carbonyl (C=O) groups excluding carboxylic acids is 1. The molecule has 7 nitrogen and oxygen atoms in total. The zero-order valence-corrected chi connectivity index (χ0v) is 19.9. The van der Waals surface area contributed by atoms with E-state index in [1.807, 2.05) is 45.0 Å². The van der Waals surface area contributed by atoms with Crippen LogP contribution in [-0.4, -0.2) is 51.3 Å². The minimum absolute atomic E-state index is 0. The third-order valence-corrected chi connectivity index (χ3v) is 4.81. The van der Waals surface area contributed by atoms with Gasteiger partial charge in [-0.25, -0.2) is 0 Å². The first-order valence-corrected chi connectivity index (χ1v) is 10.0. The van der Waals surface area contributed by atoms with Crippen LogP contribution >= 0.6 is 12.4 Å². The van der Waals surface area contributed by atoms with Crippen molar-refractivity contribution in [2.45, 2.75) is 33.2 Å². The molecule has 0 aliphatic rings. The van der Waals surface area contributed by atoms with Crippen LogP contribution in [0.25, 0.3) is 0 Å². The van der Waals surface area contributed by atoms with Crippen molar-refractivity contribution in [3.05, 3.63) is 41.5 Å². The third kappa shape index (κ3) is 5.95. The molecule has 0 atom stereocenters. The van der Waals surface area contributed by atoms with Gasteiger partial charge in [-0.2, -0.15) is 0 Å². The summed E-state index contributed by atoms with van der Waals surface area (Å²) in [5.74, 6) is 1.77. The number of methoxy groups -OCH3 is 3. The van der Waals surface area contributed by atoms with Crippen LogP contribution in [0.4, 0.5) is 0 Å². The number of carbonyl (C=O) groups is 1. The van der Waals surface area contributed by atoms with Gasteiger partial charge in [0.05, 0.1) is 26.9 Å². The van der Waals surface area contributed by atoms with Crippen LogP contribution in [0.3, 0.4) is 0 Å². The van der Waals surface area contributed by atoms with Crippen molar-refractivity contribution in [3.63, 3.8) is 0 Å². The van der Waals surface area contributed by atoms with Gasteiger partial charge in [0.2, 0.25) is 11.5 Å². The summed E-state index contributed by atoms with van der Waals surface area (Å²) >= 11 is 0. The van der Waals surface area contributed by atoms with E-state index in [0.717, 1.165) is 12.0 Å². The molecule has 0 aromatic heterocycles. The number of amides is 1. The van der Waals surface area contributed by atoms with Gasteiger partial charge in [0.15, 0.2) is 11.5 Å². The van der Waals surface area contributed by atoms with E-state index in [2.05, 4.69) is 0 Å². The second-order valence-corrected chi connectivity index (χ2v) is 6.99. The average molecular weight is 453 g/mol. The van der Waals surface area contributed by atoms with Crippen molar-refractivity contribution in [1.29, 1.82) is 0 Å². The van der Waals surface area contributed by atoms with Crippen molar-refractivity contribution in [3.8, 4) is 28.7 Å². The number of ether oxygens (including phenoxy) is 4. The van der Waals surface area contributed by atoms with E-state index in [9.17, 15) is 4.79 Å². The van der Waals surface area contributed by atoms with Gasteiger partial charge in [0, 0.05) is 18.7 Å². The summed E-state index contributed by atoms with van der Waals surface area (Å²) in [5, 5.41) is 0. The Balaban J connectivity index is 0.00000480. The summed E-state index contributed by atoms with van der Waals surface area (Å²) in [6, 6.07) is 9.30. The van der Waals surface area contributed by atoms with E-state index in [1.165, 1.54) is 21.3 Å². The smallest absolute Gasteiger partial charge is 0.258 e. The van der Waals surface area contributed by atoms with E-state index in [-0.39, 0.29) is 24.4 Å². The first-order chi connectivity index (χ1) is 14.4. The summed E-state index contributed by atoms with van der Waals surface area (Å²) in [4.78, 5) is 15.0. The molecule has 0 saturated heterocycles. The molecule has 0 radical (unpaired) electrons. The molecule has 2 aromatic rings. The number of hydrogen-bond acceptors (Lipinski definition) is 6. The molecule has 0 spiro atoms. The predicted octanol–water partition coefficient (Wildman–Crippen LogP) is 4.30. The maximum Gasteiger partial charge on any atom is 0.258 e. The molecule has 0 fully saturated rings. The maximum absolute atomic E-state index is 13.3. The molecular formula is C23H33ClN2O5. The highest BCUT2D eigenvalue weighted by molar-refractivity contribution is 5.99. The molecule has 0 bridgehead atoms. The molecule has 0 unspecified atom stereocenters. The summed E-state index contributed by atoms with van der Waals surface area (Å²) in [6.45, 7) is 7.01.